The van der Waals surface area contributed by atoms with E-state index in [1.165, 1.54) is 36.4 Å². The minimum Gasteiger partial charge on any atom is -0.309 e. The third-order valence-corrected chi connectivity index (χ3v) is 18.1. The molecule has 17 rings (SSSR count). The number of hydrogen-bond acceptors (Lipinski definition) is 6. The molecule has 4 aliphatic heterocycles. The lowest BCUT2D eigenvalue weighted by Crippen LogP contribution is -2.65. The Kier molecular flexibility index (Phi) is 12.8. The van der Waals surface area contributed by atoms with Crippen LogP contribution in [0.3, 0.4) is 0 Å². The summed E-state index contributed by atoms with van der Waals surface area (Å²) in [7, 11) is 0. The highest BCUT2D eigenvalue weighted by Gasteiger charge is 2.50. The number of nitrogens with zero attached hydrogens (tertiary/aromatic N) is 6. The van der Waals surface area contributed by atoms with Gasteiger partial charge in [-0.1, -0.05) is 152 Å². The summed E-state index contributed by atoms with van der Waals surface area (Å²) >= 11 is 0. The molecule has 0 saturated heterocycles. The van der Waals surface area contributed by atoms with Crippen LogP contribution >= 0.6 is 0 Å². The number of halogens is 6. The summed E-state index contributed by atoms with van der Waals surface area (Å²) in [4.78, 5) is 11.2. The van der Waals surface area contributed by atoms with Gasteiger partial charge in [0.25, 0.3) is 13.4 Å². The molecule has 13 aromatic rings. The highest BCUT2D eigenvalue weighted by molar-refractivity contribution is 7.03. The van der Waals surface area contributed by atoms with E-state index in [9.17, 15) is 0 Å². The summed E-state index contributed by atoms with van der Waals surface area (Å²) in [5.74, 6) is -3.09. The van der Waals surface area contributed by atoms with Crippen molar-refractivity contribution in [3.63, 3.8) is 0 Å². The van der Waals surface area contributed by atoms with Gasteiger partial charge in [0.2, 0.25) is 0 Å². The number of benzene rings is 13. The Morgan fingerprint density at radius 3 is 0.804 bits per heavy atom. The van der Waals surface area contributed by atoms with Gasteiger partial charge in [0.1, 0.15) is 34.9 Å². The number of anilines is 18. The first-order chi connectivity index (χ1) is 45.2. The average molecular weight is 1200 g/mol. The largest absolute Gasteiger partial charge is 0.309 e. The zero-order chi connectivity index (χ0) is 61.9. The first-order valence-corrected chi connectivity index (χ1v) is 30.3. The molecule has 0 aromatic heterocycles. The Balaban J connectivity index is 1.02. The van der Waals surface area contributed by atoms with E-state index in [2.05, 4.69) is 6.07 Å². The van der Waals surface area contributed by atoms with E-state index < -0.39 is 48.3 Å². The van der Waals surface area contributed by atoms with E-state index in [0.717, 1.165) is 21.9 Å². The summed E-state index contributed by atoms with van der Waals surface area (Å²) in [6, 6.07) is 85.9. The second-order valence-corrected chi connectivity index (χ2v) is 23.1. The molecule has 92 heavy (non-hydrogen) atoms. The van der Waals surface area contributed by atoms with Gasteiger partial charge in [-0.3, -0.25) is 0 Å². The fraction of sp³-hybridized carbons (Fsp3) is 0. The van der Waals surface area contributed by atoms with Crippen molar-refractivity contribution in [3.05, 3.63) is 326 Å². The molecule has 438 valence electrons. The molecule has 4 heterocycles. The van der Waals surface area contributed by atoms with Crippen molar-refractivity contribution in [2.75, 3.05) is 29.4 Å². The van der Waals surface area contributed by atoms with E-state index in [0.29, 0.717) is 79.2 Å². The van der Waals surface area contributed by atoms with Gasteiger partial charge in [-0.05, 0) is 172 Å². The van der Waals surface area contributed by atoms with E-state index in [1.807, 2.05) is 169 Å². The van der Waals surface area contributed by atoms with Crippen molar-refractivity contribution < 1.29 is 26.3 Å². The zero-order valence-electron chi connectivity index (χ0n) is 48.8. The normalized spacial score (nSPS) is 13.0. The van der Waals surface area contributed by atoms with Crippen LogP contribution in [-0.4, -0.2) is 13.4 Å². The van der Waals surface area contributed by atoms with Gasteiger partial charge >= 0.3 is 0 Å². The van der Waals surface area contributed by atoms with Crippen LogP contribution < -0.4 is 62.2 Å². The predicted octanol–water partition coefficient (Wildman–Crippen LogP) is 17.6. The molecule has 0 N–H and O–H groups in total. The van der Waals surface area contributed by atoms with Gasteiger partial charge in [0.15, 0.2) is 0 Å². The quantitative estimate of drug-likeness (QED) is 0.0997. The highest BCUT2D eigenvalue weighted by atomic mass is 19.1. The minimum absolute atomic E-state index is 0.171. The van der Waals surface area contributed by atoms with Crippen LogP contribution in [0.15, 0.2) is 291 Å². The number of rotatable bonds is 10. The van der Waals surface area contributed by atoms with Crippen LogP contribution in [0, 0.1) is 34.9 Å². The first kappa shape index (κ1) is 54.5. The Hall–Kier alpha value is -11.6. The van der Waals surface area contributed by atoms with Crippen LogP contribution in [-0.2, 0) is 0 Å². The summed E-state index contributed by atoms with van der Waals surface area (Å²) in [5, 5.41) is 0. The summed E-state index contributed by atoms with van der Waals surface area (Å²) < 4.78 is 103. The summed E-state index contributed by atoms with van der Waals surface area (Å²) in [6.45, 7) is -1.29. The summed E-state index contributed by atoms with van der Waals surface area (Å²) in [6.07, 6.45) is 0. The van der Waals surface area contributed by atoms with E-state index >= 15 is 26.3 Å². The Labute approximate surface area is 527 Å². The fourth-order valence-corrected chi connectivity index (χ4v) is 14.5. The molecule has 0 unspecified atom stereocenters. The van der Waals surface area contributed by atoms with Crippen molar-refractivity contribution in [3.8, 4) is 0 Å². The maximum atomic E-state index is 17.7. The minimum atomic E-state index is -0.644. The summed E-state index contributed by atoms with van der Waals surface area (Å²) in [5.41, 5.74) is 12.7. The molecule has 0 aliphatic carbocycles. The van der Waals surface area contributed by atoms with E-state index in [-0.39, 0.29) is 34.1 Å². The van der Waals surface area contributed by atoms with Crippen molar-refractivity contribution in [2.45, 2.75) is 0 Å². The standard InChI is InChI=1S/C78H48B2F6N6/c81-57-29-9-17-37-65(57)87(49-23-3-1-4-24-49)51-43-73-77-75(45-51)91(69-41-21-13-33-61(69)85)71-48-72-56(47-55(71)79(77)53-27-7-15-35-63(53)89(73)67-39-19-11-31-59(67)83)80-54-28-8-16-36-64(54)90(68-40-20-12-32-60(68)84)74-44-52(46-76(78(74)80)92(72)70-42-22-14-34-62(70)86)88(50-25-5-2-6-26-50)66-38-18-10-30-58(66)82/h1-48H. The molecule has 0 atom stereocenters. The number of para-hydroxylation sites is 10. The molecule has 4 aliphatic rings. The predicted molar refractivity (Wildman–Crippen MR) is 364 cm³/mol. The van der Waals surface area contributed by atoms with Crippen molar-refractivity contribution in [1.29, 1.82) is 0 Å². The Morgan fingerprint density at radius 2 is 0.478 bits per heavy atom. The van der Waals surface area contributed by atoms with Gasteiger partial charge < -0.3 is 29.4 Å². The fourth-order valence-electron chi connectivity index (χ4n) is 14.5. The number of fused-ring (bicyclic) bond motifs is 8. The average Bonchev–Trinajstić information content (AvgIpc) is 0.686. The molecule has 0 fully saturated rings. The van der Waals surface area contributed by atoms with Gasteiger partial charge in [-0.15, -0.1) is 0 Å². The van der Waals surface area contributed by atoms with Gasteiger partial charge in [0, 0.05) is 56.9 Å². The van der Waals surface area contributed by atoms with Crippen LogP contribution in [0.1, 0.15) is 0 Å². The molecule has 0 saturated carbocycles. The molecule has 0 radical (unpaired) electrons. The molecular formula is C78H48B2F6N6. The topological polar surface area (TPSA) is 19.4 Å². The Bertz CT molecular complexity index is 4820. The molecular weight excluding hydrogens is 1160 g/mol. The molecule has 0 bridgehead atoms. The van der Waals surface area contributed by atoms with Crippen LogP contribution in [0.5, 0.6) is 0 Å². The van der Waals surface area contributed by atoms with Crippen molar-refractivity contribution in [2.24, 2.45) is 0 Å². The van der Waals surface area contributed by atoms with Gasteiger partial charge in [-0.2, -0.15) is 0 Å². The molecule has 6 nitrogen and oxygen atoms in total. The smallest absolute Gasteiger partial charge is 0.252 e. The molecule has 13 aromatic carbocycles. The zero-order valence-corrected chi connectivity index (χ0v) is 48.8. The highest BCUT2D eigenvalue weighted by Crippen LogP contribution is 2.53. The van der Waals surface area contributed by atoms with Crippen molar-refractivity contribution >= 4 is 149 Å². The van der Waals surface area contributed by atoms with E-state index in [1.54, 1.807) is 109 Å². The maximum absolute atomic E-state index is 17.7. The van der Waals surface area contributed by atoms with Crippen LogP contribution in [0.4, 0.5) is 129 Å². The van der Waals surface area contributed by atoms with Gasteiger partial charge in [-0.25, -0.2) is 26.3 Å². The first-order valence-electron chi connectivity index (χ1n) is 30.3. The van der Waals surface area contributed by atoms with Crippen molar-refractivity contribution in [1.82, 2.24) is 0 Å². The maximum Gasteiger partial charge on any atom is 0.252 e. The lowest BCUT2D eigenvalue weighted by Gasteiger charge is -2.47. The molecule has 0 amide bonds. The molecule has 14 heteroatoms. The second kappa shape index (κ2) is 21.6. The SMILES string of the molecule is Fc1ccccc1N(c1ccccc1)c1cc2c3c(c1)N(c1ccccc1F)c1cc4c(cc1B3c1ccccc1N2c1ccccc1F)B1c2ccccc2N(c2ccccc2F)c2cc(N(c3ccccc3)c3ccccc3F)cc(c21)N4c1ccccc1F. The van der Waals surface area contributed by atoms with Gasteiger partial charge in [0.05, 0.1) is 45.5 Å². The lowest BCUT2D eigenvalue weighted by atomic mass is 9.30. The third-order valence-electron chi connectivity index (χ3n) is 18.1. The Morgan fingerprint density at radius 1 is 0.207 bits per heavy atom. The molecule has 0 spiro atoms. The van der Waals surface area contributed by atoms with E-state index in [4.69, 9.17) is 0 Å². The monoisotopic (exact) mass is 1200 g/mol. The third kappa shape index (κ3) is 8.40. The lowest BCUT2D eigenvalue weighted by molar-refractivity contribution is 0.628. The second-order valence-electron chi connectivity index (χ2n) is 23.1. The van der Waals surface area contributed by atoms with Crippen LogP contribution in [0.25, 0.3) is 0 Å². The van der Waals surface area contributed by atoms with Crippen LogP contribution in [0.2, 0.25) is 0 Å². The number of hydrogen-bond donors (Lipinski definition) is 0.